The fraction of sp³-hybridized carbons (Fsp3) is 0.300. The molecule has 0 spiro atoms. The fourth-order valence-electron chi connectivity index (χ4n) is 1.64. The predicted molar refractivity (Wildman–Crippen MR) is 62.3 cm³/mol. The molecule has 0 amide bonds. The van der Waals surface area contributed by atoms with Gasteiger partial charge in [0, 0.05) is 6.54 Å². The summed E-state index contributed by atoms with van der Waals surface area (Å²) in [4.78, 5) is 15.6. The van der Waals surface area contributed by atoms with E-state index in [0.29, 0.717) is 13.0 Å². The van der Waals surface area contributed by atoms with Crippen molar-refractivity contribution >= 4 is 21.7 Å². The van der Waals surface area contributed by atoms with E-state index in [1.807, 2.05) is 0 Å². The minimum Gasteiger partial charge on any atom is -0.478 e. The Bertz CT molecular complexity index is 578. The van der Waals surface area contributed by atoms with Crippen molar-refractivity contribution in [2.75, 3.05) is 18.9 Å². The Labute approximate surface area is 104 Å². The van der Waals surface area contributed by atoms with Crippen LogP contribution in [0.5, 0.6) is 0 Å². The van der Waals surface area contributed by atoms with Gasteiger partial charge < -0.3 is 10.8 Å². The molecule has 0 radical (unpaired) electrons. The predicted octanol–water partition coefficient (Wildman–Crippen LogP) is 0.293. The second kappa shape index (κ2) is 4.56. The Balaban J connectivity index is 2.42. The molecule has 1 heterocycles. The molecule has 0 aliphatic carbocycles. The molecular formula is C10H12N2O5S. The highest BCUT2D eigenvalue weighted by Crippen LogP contribution is 2.25. The first-order chi connectivity index (χ1) is 8.43. The van der Waals surface area contributed by atoms with Crippen LogP contribution in [-0.2, 0) is 14.9 Å². The first kappa shape index (κ1) is 12.8. The lowest BCUT2D eigenvalue weighted by molar-refractivity contribution is -0.0284. The number of carboxylic acids is 1. The largest absolute Gasteiger partial charge is 0.478 e. The number of aromatic carboxylic acids is 1. The van der Waals surface area contributed by atoms with Crippen molar-refractivity contribution < 1.29 is 23.2 Å². The average molecular weight is 272 g/mol. The Morgan fingerprint density at radius 3 is 2.67 bits per heavy atom. The lowest BCUT2D eigenvalue weighted by atomic mass is 10.2. The van der Waals surface area contributed by atoms with Crippen molar-refractivity contribution in [2.45, 2.75) is 11.3 Å². The Morgan fingerprint density at radius 2 is 2.17 bits per heavy atom. The quantitative estimate of drug-likeness (QED) is 0.765. The second-order valence-electron chi connectivity index (χ2n) is 3.78. The first-order valence-corrected chi connectivity index (χ1v) is 6.65. The zero-order valence-electron chi connectivity index (χ0n) is 9.37. The summed E-state index contributed by atoms with van der Waals surface area (Å²) < 4.78 is 25.1. The van der Waals surface area contributed by atoms with Gasteiger partial charge in [0.15, 0.2) is 0 Å². The number of carboxylic acid groups (broad SMARTS) is 1. The number of nitrogen functional groups attached to an aromatic ring is 1. The van der Waals surface area contributed by atoms with Gasteiger partial charge in [-0.1, -0.05) is 4.47 Å². The number of anilines is 1. The van der Waals surface area contributed by atoms with E-state index in [9.17, 15) is 13.2 Å². The number of hydrogen-bond donors (Lipinski definition) is 2. The van der Waals surface area contributed by atoms with Gasteiger partial charge in [-0.25, -0.2) is 13.2 Å². The van der Waals surface area contributed by atoms with Crippen molar-refractivity contribution in [3.05, 3.63) is 23.8 Å². The van der Waals surface area contributed by atoms with Gasteiger partial charge >= 0.3 is 5.97 Å². The number of nitrogens with zero attached hydrogens (tertiary/aromatic N) is 1. The smallest absolute Gasteiger partial charge is 0.335 e. The van der Waals surface area contributed by atoms with Gasteiger partial charge in [0.1, 0.15) is 4.90 Å². The third kappa shape index (κ3) is 2.17. The summed E-state index contributed by atoms with van der Waals surface area (Å²) in [7, 11) is -3.82. The number of carbonyl (C=O) groups is 1. The molecule has 1 fully saturated rings. The van der Waals surface area contributed by atoms with E-state index in [0.717, 1.165) is 10.5 Å². The third-order valence-electron chi connectivity index (χ3n) is 2.52. The zero-order valence-corrected chi connectivity index (χ0v) is 10.2. The minimum absolute atomic E-state index is 0.0613. The molecule has 1 aliphatic rings. The summed E-state index contributed by atoms with van der Waals surface area (Å²) in [6.45, 7) is 0.606. The van der Waals surface area contributed by atoms with E-state index in [-0.39, 0.29) is 22.7 Å². The lowest BCUT2D eigenvalue weighted by Crippen LogP contribution is -2.27. The molecule has 7 nitrogen and oxygen atoms in total. The highest BCUT2D eigenvalue weighted by atomic mass is 32.2. The summed E-state index contributed by atoms with van der Waals surface area (Å²) in [6, 6.07) is 3.49. The van der Waals surface area contributed by atoms with Gasteiger partial charge in [0.2, 0.25) is 0 Å². The van der Waals surface area contributed by atoms with Crippen LogP contribution in [0.2, 0.25) is 0 Å². The van der Waals surface area contributed by atoms with Crippen molar-refractivity contribution in [3.63, 3.8) is 0 Å². The molecule has 18 heavy (non-hydrogen) atoms. The van der Waals surface area contributed by atoms with Crippen molar-refractivity contribution in [3.8, 4) is 0 Å². The maximum absolute atomic E-state index is 12.1. The number of hydrogen-bond acceptors (Lipinski definition) is 5. The molecule has 0 saturated carbocycles. The van der Waals surface area contributed by atoms with E-state index in [4.69, 9.17) is 15.7 Å². The molecule has 1 saturated heterocycles. The molecular weight excluding hydrogens is 260 g/mol. The van der Waals surface area contributed by atoms with Crippen molar-refractivity contribution in [1.29, 1.82) is 0 Å². The summed E-state index contributed by atoms with van der Waals surface area (Å²) in [6.07, 6.45) is 0.617. The summed E-state index contributed by atoms with van der Waals surface area (Å²) in [5.41, 5.74) is 5.42. The average Bonchev–Trinajstić information content (AvgIpc) is 2.82. The SMILES string of the molecule is Nc1cc(C(=O)O)ccc1S(=O)(=O)N1CCCO1. The van der Waals surface area contributed by atoms with Crippen molar-refractivity contribution in [2.24, 2.45) is 0 Å². The van der Waals surface area contributed by atoms with Gasteiger partial charge in [-0.2, -0.15) is 0 Å². The highest BCUT2D eigenvalue weighted by molar-refractivity contribution is 7.89. The Kier molecular flexibility index (Phi) is 3.24. The first-order valence-electron chi connectivity index (χ1n) is 5.21. The van der Waals surface area contributed by atoms with E-state index in [2.05, 4.69) is 0 Å². The Morgan fingerprint density at radius 1 is 1.44 bits per heavy atom. The number of nitrogens with two attached hydrogens (primary N) is 1. The molecule has 1 aliphatic heterocycles. The lowest BCUT2D eigenvalue weighted by Gasteiger charge is -2.15. The summed E-state index contributed by atoms with van der Waals surface area (Å²) in [5, 5.41) is 8.77. The van der Waals surface area contributed by atoms with Gasteiger partial charge in [0.05, 0.1) is 17.9 Å². The van der Waals surface area contributed by atoms with Gasteiger partial charge in [-0.05, 0) is 24.6 Å². The molecule has 3 N–H and O–H groups in total. The van der Waals surface area contributed by atoms with Crippen LogP contribution in [0.4, 0.5) is 5.69 Å². The van der Waals surface area contributed by atoms with Crippen LogP contribution < -0.4 is 5.73 Å². The van der Waals surface area contributed by atoms with Crippen LogP contribution in [0.1, 0.15) is 16.8 Å². The van der Waals surface area contributed by atoms with Crippen LogP contribution >= 0.6 is 0 Å². The topological polar surface area (TPSA) is 110 Å². The monoisotopic (exact) mass is 272 g/mol. The molecule has 0 atom stereocenters. The van der Waals surface area contributed by atoms with Crippen LogP contribution in [0.15, 0.2) is 23.1 Å². The number of benzene rings is 1. The van der Waals surface area contributed by atoms with Crippen LogP contribution in [0.25, 0.3) is 0 Å². The summed E-state index contributed by atoms with van der Waals surface area (Å²) in [5.74, 6) is -1.16. The van der Waals surface area contributed by atoms with Gasteiger partial charge in [-0.15, -0.1) is 0 Å². The van der Waals surface area contributed by atoms with Gasteiger partial charge in [-0.3, -0.25) is 4.84 Å². The Hall–Kier alpha value is -1.64. The second-order valence-corrected chi connectivity index (χ2v) is 5.57. The molecule has 2 rings (SSSR count). The van der Waals surface area contributed by atoms with Gasteiger partial charge in [0.25, 0.3) is 10.0 Å². The van der Waals surface area contributed by atoms with Crippen molar-refractivity contribution in [1.82, 2.24) is 4.47 Å². The van der Waals surface area contributed by atoms with E-state index in [1.54, 1.807) is 0 Å². The molecule has 98 valence electrons. The number of hydroxylamine groups is 1. The van der Waals surface area contributed by atoms with E-state index < -0.39 is 16.0 Å². The standard InChI is InChI=1S/C10H12N2O5S/c11-8-6-7(10(13)14)2-3-9(8)18(15,16)12-4-1-5-17-12/h2-3,6H,1,4-5,11H2,(H,13,14). The number of rotatable bonds is 3. The molecule has 0 bridgehead atoms. The van der Waals surface area contributed by atoms with Crippen LogP contribution in [0, 0.1) is 0 Å². The summed E-state index contributed by atoms with van der Waals surface area (Å²) >= 11 is 0. The fourth-order valence-corrected chi connectivity index (χ4v) is 3.04. The third-order valence-corrected chi connectivity index (χ3v) is 4.27. The zero-order chi connectivity index (χ0) is 13.3. The molecule has 0 aromatic heterocycles. The normalized spacial score (nSPS) is 16.9. The molecule has 1 aromatic rings. The maximum Gasteiger partial charge on any atom is 0.335 e. The van der Waals surface area contributed by atoms with E-state index >= 15 is 0 Å². The number of sulfonamides is 1. The maximum atomic E-state index is 12.1. The minimum atomic E-state index is -3.82. The van der Waals surface area contributed by atoms with Crippen LogP contribution in [-0.4, -0.2) is 37.1 Å². The highest BCUT2D eigenvalue weighted by Gasteiger charge is 2.30. The molecule has 8 heteroatoms. The molecule has 0 unspecified atom stereocenters. The molecule has 1 aromatic carbocycles. The van der Waals surface area contributed by atoms with E-state index in [1.165, 1.54) is 12.1 Å². The van der Waals surface area contributed by atoms with Crippen LogP contribution in [0.3, 0.4) is 0 Å².